The summed E-state index contributed by atoms with van der Waals surface area (Å²) in [5.41, 5.74) is 6.26. The van der Waals surface area contributed by atoms with Gasteiger partial charge in [0, 0.05) is 11.8 Å². The van der Waals surface area contributed by atoms with Gasteiger partial charge < -0.3 is 4.74 Å². The number of ether oxygens (including phenoxy) is 1. The van der Waals surface area contributed by atoms with Gasteiger partial charge in [0.15, 0.2) is 0 Å². The minimum absolute atomic E-state index is 0.118. The minimum atomic E-state index is -0.418. The molecule has 0 aromatic heterocycles. The molecule has 4 heteroatoms. The molecule has 4 nitrogen and oxygen atoms in total. The van der Waals surface area contributed by atoms with Crippen LogP contribution in [0.1, 0.15) is 38.8 Å². The smallest absolute Gasteiger partial charge is 0.238 e. The van der Waals surface area contributed by atoms with Gasteiger partial charge in [0.1, 0.15) is 5.75 Å². The number of benzene rings is 3. The van der Waals surface area contributed by atoms with Gasteiger partial charge in [-0.3, -0.25) is 9.59 Å². The first kappa shape index (κ1) is 24.4. The molecular formula is C34H33NO3. The Labute approximate surface area is 224 Å². The van der Waals surface area contributed by atoms with Crippen molar-refractivity contribution >= 4 is 23.1 Å². The number of para-hydroxylation sites is 2. The van der Waals surface area contributed by atoms with Crippen molar-refractivity contribution in [2.75, 3.05) is 11.5 Å². The quantitative estimate of drug-likeness (QED) is 0.280. The summed E-state index contributed by atoms with van der Waals surface area (Å²) in [4.78, 5) is 29.8. The molecule has 1 saturated heterocycles. The molecule has 2 aliphatic carbocycles. The van der Waals surface area contributed by atoms with Crippen LogP contribution in [-0.2, 0) is 9.59 Å². The van der Waals surface area contributed by atoms with Crippen molar-refractivity contribution in [2.24, 2.45) is 29.1 Å². The molecule has 2 bridgehead atoms. The zero-order chi connectivity index (χ0) is 26.6. The molecule has 0 spiro atoms. The Bertz CT molecular complexity index is 1420. The van der Waals surface area contributed by atoms with Crippen LogP contribution < -0.4 is 9.64 Å². The van der Waals surface area contributed by atoms with Gasteiger partial charge in [-0.05, 0) is 46.7 Å². The second-order valence-electron chi connectivity index (χ2n) is 11.4. The van der Waals surface area contributed by atoms with Crippen LogP contribution in [0.3, 0.4) is 0 Å². The SMILES string of the molecule is CCOc1ccccc1N1C(=O)C2C3C=C(C(C)(C)C)C(C3=C(c3ccccc3)c3ccccc3)C2C1=O. The van der Waals surface area contributed by atoms with E-state index < -0.39 is 11.8 Å². The van der Waals surface area contributed by atoms with Gasteiger partial charge >= 0.3 is 0 Å². The number of amides is 2. The van der Waals surface area contributed by atoms with Crippen molar-refractivity contribution in [1.82, 2.24) is 0 Å². The van der Waals surface area contributed by atoms with Gasteiger partial charge in [-0.25, -0.2) is 4.90 Å². The van der Waals surface area contributed by atoms with E-state index in [4.69, 9.17) is 4.74 Å². The number of rotatable bonds is 5. The van der Waals surface area contributed by atoms with E-state index in [1.54, 1.807) is 0 Å². The number of hydrogen-bond donors (Lipinski definition) is 0. The summed E-state index contributed by atoms with van der Waals surface area (Å²) >= 11 is 0. The molecule has 1 saturated carbocycles. The molecule has 1 aliphatic heterocycles. The summed E-state index contributed by atoms with van der Waals surface area (Å²) in [6.45, 7) is 9.00. The monoisotopic (exact) mass is 503 g/mol. The maximum absolute atomic E-state index is 14.3. The van der Waals surface area contributed by atoms with Crippen LogP contribution in [0.2, 0.25) is 0 Å². The van der Waals surface area contributed by atoms with Crippen LogP contribution in [0.25, 0.3) is 5.57 Å². The molecule has 1 heterocycles. The van der Waals surface area contributed by atoms with Crippen LogP contribution in [0, 0.1) is 29.1 Å². The second kappa shape index (κ2) is 9.13. The van der Waals surface area contributed by atoms with Crippen LogP contribution in [0.4, 0.5) is 5.69 Å². The molecule has 2 fully saturated rings. The molecule has 0 radical (unpaired) electrons. The Hall–Kier alpha value is -3.92. The minimum Gasteiger partial charge on any atom is -0.492 e. The molecule has 4 unspecified atom stereocenters. The Kier molecular flexibility index (Phi) is 5.86. The topological polar surface area (TPSA) is 46.6 Å². The first-order valence-corrected chi connectivity index (χ1v) is 13.5. The molecule has 3 aromatic rings. The zero-order valence-electron chi connectivity index (χ0n) is 22.3. The van der Waals surface area contributed by atoms with Crippen LogP contribution in [-0.4, -0.2) is 18.4 Å². The summed E-state index contributed by atoms with van der Waals surface area (Å²) in [6, 6.07) is 28.2. The maximum atomic E-state index is 14.3. The summed E-state index contributed by atoms with van der Waals surface area (Å²) in [7, 11) is 0. The Morgan fingerprint density at radius 2 is 1.34 bits per heavy atom. The van der Waals surface area contributed by atoms with Gasteiger partial charge in [-0.2, -0.15) is 0 Å². The third-order valence-electron chi connectivity index (χ3n) is 8.22. The number of fused-ring (bicyclic) bond motifs is 5. The largest absolute Gasteiger partial charge is 0.492 e. The highest BCUT2D eigenvalue weighted by molar-refractivity contribution is 6.24. The van der Waals surface area contributed by atoms with Gasteiger partial charge in [-0.15, -0.1) is 0 Å². The predicted molar refractivity (Wildman–Crippen MR) is 151 cm³/mol. The van der Waals surface area contributed by atoms with Crippen LogP contribution in [0.15, 0.2) is 102 Å². The van der Waals surface area contributed by atoms with E-state index in [1.807, 2.05) is 43.3 Å². The highest BCUT2D eigenvalue weighted by Crippen LogP contribution is 2.64. The lowest BCUT2D eigenvalue weighted by atomic mass is 9.71. The number of hydrogen-bond acceptors (Lipinski definition) is 3. The Balaban J connectivity index is 1.55. The predicted octanol–water partition coefficient (Wildman–Crippen LogP) is 6.93. The van der Waals surface area contributed by atoms with E-state index in [0.29, 0.717) is 18.0 Å². The van der Waals surface area contributed by atoms with Gasteiger partial charge in [0.25, 0.3) is 0 Å². The van der Waals surface area contributed by atoms with Crippen LogP contribution >= 0.6 is 0 Å². The molecule has 4 atom stereocenters. The number of anilines is 1. The van der Waals surface area contributed by atoms with Gasteiger partial charge in [0.2, 0.25) is 11.8 Å². The first-order chi connectivity index (χ1) is 18.3. The molecule has 2 amide bonds. The highest BCUT2D eigenvalue weighted by atomic mass is 16.5. The molecule has 3 aromatic carbocycles. The van der Waals surface area contributed by atoms with E-state index in [9.17, 15) is 9.59 Å². The van der Waals surface area contributed by atoms with Crippen LogP contribution in [0.5, 0.6) is 5.75 Å². The Morgan fingerprint density at radius 3 is 1.92 bits per heavy atom. The summed E-state index contributed by atoms with van der Waals surface area (Å²) < 4.78 is 5.82. The second-order valence-corrected chi connectivity index (χ2v) is 11.4. The summed E-state index contributed by atoms with van der Waals surface area (Å²) in [6.07, 6.45) is 2.30. The fourth-order valence-electron chi connectivity index (χ4n) is 6.79. The number of nitrogens with zero attached hydrogens (tertiary/aromatic N) is 1. The highest BCUT2D eigenvalue weighted by Gasteiger charge is 2.65. The third kappa shape index (κ3) is 3.65. The average molecular weight is 504 g/mol. The van der Waals surface area contributed by atoms with Crippen molar-refractivity contribution in [1.29, 1.82) is 0 Å². The average Bonchev–Trinajstić information content (AvgIpc) is 3.53. The van der Waals surface area contributed by atoms with E-state index in [2.05, 4.69) is 75.4 Å². The van der Waals surface area contributed by atoms with Gasteiger partial charge in [-0.1, -0.05) is 105 Å². The maximum Gasteiger partial charge on any atom is 0.238 e. The molecule has 38 heavy (non-hydrogen) atoms. The lowest BCUT2D eigenvalue weighted by molar-refractivity contribution is -0.123. The van der Waals surface area contributed by atoms with Gasteiger partial charge in [0.05, 0.1) is 24.1 Å². The third-order valence-corrected chi connectivity index (χ3v) is 8.22. The van der Waals surface area contributed by atoms with Crippen molar-refractivity contribution < 1.29 is 14.3 Å². The molecular weight excluding hydrogens is 470 g/mol. The first-order valence-electron chi connectivity index (χ1n) is 13.5. The number of imide groups is 1. The van der Waals surface area contributed by atoms with E-state index in [1.165, 1.54) is 16.0 Å². The molecule has 3 aliphatic rings. The normalized spacial score (nSPS) is 24.1. The summed E-state index contributed by atoms with van der Waals surface area (Å²) in [5.74, 6) is -0.756. The molecule has 6 rings (SSSR count). The van der Waals surface area contributed by atoms with Crippen molar-refractivity contribution in [3.8, 4) is 5.75 Å². The van der Waals surface area contributed by atoms with E-state index in [0.717, 1.165) is 16.7 Å². The van der Waals surface area contributed by atoms with Crippen molar-refractivity contribution in [2.45, 2.75) is 27.7 Å². The van der Waals surface area contributed by atoms with E-state index >= 15 is 0 Å². The van der Waals surface area contributed by atoms with Crippen molar-refractivity contribution in [3.63, 3.8) is 0 Å². The zero-order valence-corrected chi connectivity index (χ0v) is 22.3. The number of carbonyl (C=O) groups excluding carboxylic acids is 2. The molecule has 0 N–H and O–H groups in total. The van der Waals surface area contributed by atoms with Crippen molar-refractivity contribution in [3.05, 3.63) is 113 Å². The summed E-state index contributed by atoms with van der Waals surface area (Å²) in [5, 5.41) is 0. The lowest BCUT2D eigenvalue weighted by Crippen LogP contribution is -2.34. The fraction of sp³-hybridized carbons (Fsp3) is 0.294. The van der Waals surface area contributed by atoms with E-state index in [-0.39, 0.29) is 29.1 Å². The molecule has 192 valence electrons. The Morgan fingerprint density at radius 1 is 0.789 bits per heavy atom. The number of allylic oxidation sites excluding steroid dienone is 3. The number of carbonyl (C=O) groups is 2. The fourth-order valence-corrected chi connectivity index (χ4v) is 6.79. The lowest BCUT2D eigenvalue weighted by Gasteiger charge is -2.31. The standard InChI is InChI=1S/C34H33NO3/c1-5-38-26-19-13-12-18-25(26)35-32(36)29-23-20-24(34(2,3)4)30(31(29)33(35)37)28(23)27(21-14-8-6-9-15-21)22-16-10-7-11-17-22/h6-20,23,29-31H,5H2,1-4H3.